The lowest BCUT2D eigenvalue weighted by Crippen LogP contribution is -2.36. The van der Waals surface area contributed by atoms with Crippen LogP contribution in [0.25, 0.3) is 0 Å². The first-order valence-electron chi connectivity index (χ1n) is 7.33. The average molecular weight is 298 g/mol. The zero-order valence-corrected chi connectivity index (χ0v) is 13.4. The second kappa shape index (κ2) is 4.09. The van der Waals surface area contributed by atoms with Gasteiger partial charge in [-0.25, -0.2) is 0 Å². The largest absolute Gasteiger partial charge is 0.506 e. The molecule has 116 valence electrons. The number of hydrogen-bond donors (Lipinski definition) is 4. The molecule has 4 nitrogen and oxygen atoms in total. The summed E-state index contributed by atoms with van der Waals surface area (Å²) in [5.74, 6) is 0.177. The molecule has 4 heteroatoms. The lowest BCUT2D eigenvalue weighted by molar-refractivity contribution is 0.461. The quantitative estimate of drug-likeness (QED) is 0.444. The van der Waals surface area contributed by atoms with Gasteiger partial charge in [0, 0.05) is 10.8 Å². The highest BCUT2D eigenvalue weighted by atomic mass is 16.3. The molecule has 0 bridgehead atoms. The SMILES string of the molecule is CC1(C)c2cc(N)c(O)cc2C(C)(C)c2cc(O)c(N)cc21. The van der Waals surface area contributed by atoms with E-state index < -0.39 is 0 Å². The summed E-state index contributed by atoms with van der Waals surface area (Å²) in [6.45, 7) is 8.36. The van der Waals surface area contributed by atoms with Crippen molar-refractivity contribution in [3.05, 3.63) is 46.5 Å². The van der Waals surface area contributed by atoms with Crippen LogP contribution in [-0.2, 0) is 10.8 Å². The maximum Gasteiger partial charge on any atom is 0.138 e. The Morgan fingerprint density at radius 3 is 1.23 bits per heavy atom. The van der Waals surface area contributed by atoms with Gasteiger partial charge in [0.25, 0.3) is 0 Å². The Bertz CT molecular complexity index is 663. The zero-order valence-electron chi connectivity index (χ0n) is 13.4. The summed E-state index contributed by atoms with van der Waals surface area (Å²) in [5.41, 5.74) is 16.1. The molecule has 0 spiro atoms. The summed E-state index contributed by atoms with van der Waals surface area (Å²) in [6.07, 6.45) is 0. The third kappa shape index (κ3) is 1.70. The first-order chi connectivity index (χ1) is 10.1. The Kier molecular flexibility index (Phi) is 2.71. The topological polar surface area (TPSA) is 92.5 Å². The Labute approximate surface area is 130 Å². The normalized spacial score (nSPS) is 17.6. The molecular formula is C18H22N2O2. The summed E-state index contributed by atoms with van der Waals surface area (Å²) in [6, 6.07) is 7.17. The molecule has 0 saturated heterocycles. The Hall–Kier alpha value is -2.36. The highest BCUT2D eigenvalue weighted by Crippen LogP contribution is 2.52. The highest BCUT2D eigenvalue weighted by Gasteiger charge is 2.42. The molecule has 1 aliphatic carbocycles. The van der Waals surface area contributed by atoms with E-state index in [0.29, 0.717) is 11.4 Å². The smallest absolute Gasteiger partial charge is 0.138 e. The molecule has 22 heavy (non-hydrogen) atoms. The van der Waals surface area contributed by atoms with E-state index in [0.717, 1.165) is 22.3 Å². The molecule has 2 aromatic carbocycles. The number of aromatic hydroxyl groups is 2. The molecule has 1 aliphatic rings. The van der Waals surface area contributed by atoms with Crippen molar-refractivity contribution in [1.82, 2.24) is 0 Å². The summed E-state index contributed by atoms with van der Waals surface area (Å²) in [7, 11) is 0. The van der Waals surface area contributed by atoms with Crippen LogP contribution in [-0.4, -0.2) is 10.2 Å². The molecule has 6 N–H and O–H groups in total. The molecule has 3 rings (SSSR count). The van der Waals surface area contributed by atoms with Gasteiger partial charge in [0.05, 0.1) is 11.4 Å². The molecule has 0 unspecified atom stereocenters. The molecule has 0 aliphatic heterocycles. The second-order valence-electron chi connectivity index (χ2n) is 7.16. The summed E-state index contributed by atoms with van der Waals surface area (Å²) in [5, 5.41) is 20.1. The number of benzene rings is 2. The molecule has 0 radical (unpaired) electrons. The molecule has 2 aromatic rings. The number of hydrogen-bond acceptors (Lipinski definition) is 4. The maximum atomic E-state index is 10.0. The van der Waals surface area contributed by atoms with Crippen LogP contribution in [0.1, 0.15) is 49.9 Å². The van der Waals surface area contributed by atoms with Crippen LogP contribution in [0.2, 0.25) is 0 Å². The first-order valence-corrected chi connectivity index (χ1v) is 7.33. The van der Waals surface area contributed by atoms with Crippen molar-refractivity contribution < 1.29 is 10.2 Å². The number of nitrogens with two attached hydrogens (primary N) is 2. The minimum Gasteiger partial charge on any atom is -0.506 e. The fourth-order valence-electron chi connectivity index (χ4n) is 3.57. The fraction of sp³-hybridized carbons (Fsp3) is 0.333. The first kappa shape index (κ1) is 14.6. The van der Waals surface area contributed by atoms with Gasteiger partial charge in [-0.05, 0) is 46.5 Å². The van der Waals surface area contributed by atoms with Gasteiger partial charge < -0.3 is 21.7 Å². The van der Waals surface area contributed by atoms with Crippen LogP contribution < -0.4 is 11.5 Å². The van der Waals surface area contributed by atoms with Crippen LogP contribution >= 0.6 is 0 Å². The van der Waals surface area contributed by atoms with Crippen molar-refractivity contribution in [1.29, 1.82) is 0 Å². The van der Waals surface area contributed by atoms with Gasteiger partial charge in [0.1, 0.15) is 11.5 Å². The zero-order chi connectivity index (χ0) is 16.4. The monoisotopic (exact) mass is 298 g/mol. The van der Waals surface area contributed by atoms with E-state index in [-0.39, 0.29) is 22.3 Å². The Morgan fingerprint density at radius 1 is 0.636 bits per heavy atom. The molecule has 0 amide bonds. The van der Waals surface area contributed by atoms with Crippen LogP contribution in [0.3, 0.4) is 0 Å². The van der Waals surface area contributed by atoms with Crippen LogP contribution in [0.15, 0.2) is 24.3 Å². The van der Waals surface area contributed by atoms with E-state index in [4.69, 9.17) is 11.5 Å². The van der Waals surface area contributed by atoms with Gasteiger partial charge in [-0.3, -0.25) is 0 Å². The highest BCUT2D eigenvalue weighted by molar-refractivity contribution is 5.69. The lowest BCUT2D eigenvalue weighted by atomic mass is 9.60. The number of phenols is 2. The van der Waals surface area contributed by atoms with E-state index in [1.807, 2.05) is 12.1 Å². The van der Waals surface area contributed by atoms with Gasteiger partial charge in [-0.2, -0.15) is 0 Å². The predicted octanol–water partition coefficient (Wildman–Crippen LogP) is 3.23. The van der Waals surface area contributed by atoms with E-state index >= 15 is 0 Å². The molecular weight excluding hydrogens is 276 g/mol. The van der Waals surface area contributed by atoms with Crippen molar-refractivity contribution in [2.45, 2.75) is 38.5 Å². The van der Waals surface area contributed by atoms with E-state index in [9.17, 15) is 10.2 Å². The number of fused-ring (bicyclic) bond motifs is 2. The molecule has 0 saturated carbocycles. The molecule has 0 heterocycles. The second-order valence-corrected chi connectivity index (χ2v) is 7.16. The van der Waals surface area contributed by atoms with Gasteiger partial charge in [-0.1, -0.05) is 27.7 Å². The molecule has 0 fully saturated rings. The third-order valence-electron chi connectivity index (χ3n) is 5.03. The third-order valence-corrected chi connectivity index (χ3v) is 5.03. The van der Waals surface area contributed by atoms with E-state index in [2.05, 4.69) is 27.7 Å². The van der Waals surface area contributed by atoms with Crippen molar-refractivity contribution in [2.24, 2.45) is 0 Å². The van der Waals surface area contributed by atoms with Crippen molar-refractivity contribution in [2.75, 3.05) is 11.5 Å². The van der Waals surface area contributed by atoms with Crippen molar-refractivity contribution in [3.8, 4) is 11.5 Å². The van der Waals surface area contributed by atoms with Gasteiger partial charge in [-0.15, -0.1) is 0 Å². The van der Waals surface area contributed by atoms with Crippen LogP contribution in [0.5, 0.6) is 11.5 Å². The van der Waals surface area contributed by atoms with Crippen LogP contribution in [0, 0.1) is 0 Å². The maximum absolute atomic E-state index is 10.0. The molecule has 0 atom stereocenters. The molecule has 0 aromatic heterocycles. The standard InChI is InChI=1S/C18H22N2O2/c1-17(2)9-5-13(19)15(21)7-11(9)18(3,4)12-8-16(22)14(20)6-10(12)17/h5-8,21-22H,19-20H2,1-4H3. The fourth-order valence-corrected chi connectivity index (χ4v) is 3.57. The predicted molar refractivity (Wildman–Crippen MR) is 89.3 cm³/mol. The number of nitrogen functional groups attached to an aromatic ring is 2. The van der Waals surface area contributed by atoms with E-state index in [1.54, 1.807) is 12.1 Å². The Morgan fingerprint density at radius 2 is 0.909 bits per heavy atom. The summed E-state index contributed by atoms with van der Waals surface area (Å²) >= 11 is 0. The summed E-state index contributed by atoms with van der Waals surface area (Å²) in [4.78, 5) is 0. The van der Waals surface area contributed by atoms with Gasteiger partial charge in [0.2, 0.25) is 0 Å². The minimum atomic E-state index is -0.365. The number of phenolic OH excluding ortho intramolecular Hbond substituents is 2. The van der Waals surface area contributed by atoms with Crippen molar-refractivity contribution >= 4 is 11.4 Å². The number of anilines is 2. The average Bonchev–Trinajstić information content (AvgIpc) is 2.42. The lowest BCUT2D eigenvalue weighted by Gasteiger charge is -2.44. The van der Waals surface area contributed by atoms with E-state index in [1.165, 1.54) is 0 Å². The van der Waals surface area contributed by atoms with Crippen molar-refractivity contribution in [3.63, 3.8) is 0 Å². The van der Waals surface area contributed by atoms with Crippen LogP contribution in [0.4, 0.5) is 11.4 Å². The van der Waals surface area contributed by atoms with Gasteiger partial charge in [0.15, 0.2) is 0 Å². The summed E-state index contributed by atoms with van der Waals surface area (Å²) < 4.78 is 0. The number of rotatable bonds is 0. The minimum absolute atomic E-state index is 0.0886. The van der Waals surface area contributed by atoms with Gasteiger partial charge >= 0.3 is 0 Å². The Balaban J connectivity index is 2.43.